The van der Waals surface area contributed by atoms with Gasteiger partial charge in [0.1, 0.15) is 0 Å². The summed E-state index contributed by atoms with van der Waals surface area (Å²) in [4.78, 5) is 17.0. The van der Waals surface area contributed by atoms with Gasteiger partial charge < -0.3 is 15.2 Å². The third-order valence-electron chi connectivity index (χ3n) is 3.19. The number of carbonyl (C=O) groups is 1. The standard InChI is InChI=1S/C17H13BrN2O3S/c1-23-14-7-10(5-6-13(14)21)8-15-16(22)20-17(24-15)19-12-4-2-3-11(18)9-12/h2-9,21H,1H3,(H,19,20,22)/b15-8-. The Morgan fingerprint density at radius 2 is 2.12 bits per heavy atom. The lowest BCUT2D eigenvalue weighted by atomic mass is 10.2. The van der Waals surface area contributed by atoms with Crippen LogP contribution < -0.4 is 10.1 Å². The second-order valence-electron chi connectivity index (χ2n) is 4.89. The van der Waals surface area contributed by atoms with E-state index in [0.717, 1.165) is 15.7 Å². The van der Waals surface area contributed by atoms with Crippen molar-refractivity contribution in [2.75, 3.05) is 7.11 Å². The SMILES string of the molecule is COc1cc(/C=C2\SC(=Nc3cccc(Br)c3)NC2=O)ccc1O. The smallest absolute Gasteiger partial charge is 0.264 e. The monoisotopic (exact) mass is 404 g/mol. The molecule has 0 aliphatic carbocycles. The second kappa shape index (κ2) is 7.11. The van der Waals surface area contributed by atoms with E-state index in [2.05, 4.69) is 26.2 Å². The van der Waals surface area contributed by atoms with E-state index >= 15 is 0 Å². The van der Waals surface area contributed by atoms with Crippen LogP contribution in [0.4, 0.5) is 5.69 Å². The number of carbonyl (C=O) groups excluding carboxylic acids is 1. The quantitative estimate of drug-likeness (QED) is 0.756. The maximum absolute atomic E-state index is 12.1. The lowest BCUT2D eigenvalue weighted by Gasteiger charge is -2.03. The first-order valence-electron chi connectivity index (χ1n) is 6.97. The number of phenols is 1. The molecule has 1 fully saturated rings. The zero-order valence-corrected chi connectivity index (χ0v) is 15.0. The van der Waals surface area contributed by atoms with E-state index in [0.29, 0.717) is 15.8 Å². The zero-order chi connectivity index (χ0) is 17.1. The van der Waals surface area contributed by atoms with Crippen molar-refractivity contribution in [2.24, 2.45) is 4.99 Å². The minimum Gasteiger partial charge on any atom is -0.504 e. The van der Waals surface area contributed by atoms with Crippen LogP contribution in [0.2, 0.25) is 0 Å². The van der Waals surface area contributed by atoms with Gasteiger partial charge in [0, 0.05) is 4.47 Å². The van der Waals surface area contributed by atoms with Gasteiger partial charge in [0.15, 0.2) is 16.7 Å². The molecule has 1 amide bonds. The zero-order valence-electron chi connectivity index (χ0n) is 12.6. The molecule has 0 atom stereocenters. The van der Waals surface area contributed by atoms with Gasteiger partial charge in [0.05, 0.1) is 17.7 Å². The molecule has 0 saturated carbocycles. The van der Waals surface area contributed by atoms with Crippen LogP contribution in [0, 0.1) is 0 Å². The van der Waals surface area contributed by atoms with Gasteiger partial charge in [-0.1, -0.05) is 28.1 Å². The minimum atomic E-state index is -0.208. The van der Waals surface area contributed by atoms with Gasteiger partial charge in [-0.15, -0.1) is 0 Å². The van der Waals surface area contributed by atoms with Crippen LogP contribution in [-0.2, 0) is 4.79 Å². The summed E-state index contributed by atoms with van der Waals surface area (Å²) in [6, 6.07) is 12.4. The molecule has 1 aliphatic heterocycles. The number of thioether (sulfide) groups is 1. The molecule has 7 heteroatoms. The molecule has 0 unspecified atom stereocenters. The number of ether oxygens (including phenoxy) is 1. The molecular formula is C17H13BrN2O3S. The number of rotatable bonds is 3. The molecule has 0 radical (unpaired) electrons. The number of aliphatic imine (C=N–C) groups is 1. The summed E-state index contributed by atoms with van der Waals surface area (Å²) >= 11 is 4.66. The van der Waals surface area contributed by atoms with Crippen LogP contribution in [-0.4, -0.2) is 23.3 Å². The van der Waals surface area contributed by atoms with Gasteiger partial charge in [-0.2, -0.15) is 0 Å². The van der Waals surface area contributed by atoms with E-state index in [1.54, 1.807) is 18.2 Å². The van der Waals surface area contributed by atoms with Crippen molar-refractivity contribution in [2.45, 2.75) is 0 Å². The molecule has 5 nitrogen and oxygen atoms in total. The topological polar surface area (TPSA) is 70.9 Å². The Kier molecular flexibility index (Phi) is 4.92. The highest BCUT2D eigenvalue weighted by Gasteiger charge is 2.23. The average Bonchev–Trinajstić information content (AvgIpc) is 2.88. The van der Waals surface area contributed by atoms with Gasteiger partial charge >= 0.3 is 0 Å². The molecule has 1 saturated heterocycles. The normalized spacial score (nSPS) is 17.3. The highest BCUT2D eigenvalue weighted by molar-refractivity contribution is 9.10. The Hall–Kier alpha value is -2.25. The van der Waals surface area contributed by atoms with Crippen LogP contribution >= 0.6 is 27.7 Å². The fourth-order valence-electron chi connectivity index (χ4n) is 2.08. The number of aromatic hydroxyl groups is 1. The highest BCUT2D eigenvalue weighted by atomic mass is 79.9. The first-order valence-corrected chi connectivity index (χ1v) is 8.58. The number of benzene rings is 2. The summed E-state index contributed by atoms with van der Waals surface area (Å²) in [5.74, 6) is 0.205. The lowest BCUT2D eigenvalue weighted by Crippen LogP contribution is -2.19. The number of nitrogens with one attached hydrogen (secondary N) is 1. The maximum Gasteiger partial charge on any atom is 0.264 e. The summed E-state index contributed by atoms with van der Waals surface area (Å²) in [7, 11) is 1.48. The molecule has 1 heterocycles. The van der Waals surface area contributed by atoms with E-state index in [9.17, 15) is 9.90 Å². The number of halogens is 1. The molecule has 24 heavy (non-hydrogen) atoms. The van der Waals surface area contributed by atoms with Crippen LogP contribution in [0.15, 0.2) is 56.8 Å². The third kappa shape index (κ3) is 3.80. The average molecular weight is 405 g/mol. The van der Waals surface area contributed by atoms with E-state index in [4.69, 9.17) is 4.74 Å². The van der Waals surface area contributed by atoms with Gasteiger partial charge in [0.2, 0.25) is 0 Å². The molecule has 0 spiro atoms. The summed E-state index contributed by atoms with van der Waals surface area (Å²) in [6.45, 7) is 0. The maximum atomic E-state index is 12.1. The lowest BCUT2D eigenvalue weighted by molar-refractivity contribution is -0.115. The van der Waals surface area contributed by atoms with Crippen LogP contribution in [0.5, 0.6) is 11.5 Å². The Morgan fingerprint density at radius 1 is 1.29 bits per heavy atom. The number of amides is 1. The van der Waals surface area contributed by atoms with Gasteiger partial charge in [-0.3, -0.25) is 4.79 Å². The Bertz CT molecular complexity index is 865. The molecule has 2 N–H and O–H groups in total. The van der Waals surface area contributed by atoms with E-state index < -0.39 is 0 Å². The Balaban J connectivity index is 1.84. The number of nitrogens with zero attached hydrogens (tertiary/aromatic N) is 1. The predicted octanol–water partition coefficient (Wildman–Crippen LogP) is 4.05. The van der Waals surface area contributed by atoms with E-state index in [1.165, 1.54) is 24.9 Å². The summed E-state index contributed by atoms with van der Waals surface area (Å²) in [5, 5.41) is 12.9. The second-order valence-corrected chi connectivity index (χ2v) is 6.84. The number of phenolic OH excluding ortho intramolecular Hbond substituents is 1. The van der Waals surface area contributed by atoms with Crippen molar-refractivity contribution in [1.29, 1.82) is 0 Å². The van der Waals surface area contributed by atoms with Crippen molar-refractivity contribution >= 4 is 50.5 Å². The van der Waals surface area contributed by atoms with E-state index in [1.807, 2.05) is 24.3 Å². The molecule has 2 aromatic rings. The molecule has 0 aromatic heterocycles. The summed E-state index contributed by atoms with van der Waals surface area (Å²) < 4.78 is 6.00. The number of hydrogen-bond acceptors (Lipinski definition) is 5. The van der Waals surface area contributed by atoms with Crippen molar-refractivity contribution in [1.82, 2.24) is 5.32 Å². The molecule has 3 rings (SSSR count). The van der Waals surface area contributed by atoms with Crippen LogP contribution in [0.3, 0.4) is 0 Å². The largest absolute Gasteiger partial charge is 0.504 e. The minimum absolute atomic E-state index is 0.0556. The number of methoxy groups -OCH3 is 1. The molecule has 1 aliphatic rings. The van der Waals surface area contributed by atoms with Crippen molar-refractivity contribution in [3.8, 4) is 11.5 Å². The first-order chi connectivity index (χ1) is 11.5. The van der Waals surface area contributed by atoms with Crippen LogP contribution in [0.1, 0.15) is 5.56 Å². The summed E-state index contributed by atoms with van der Waals surface area (Å²) in [5.41, 5.74) is 1.51. The fourth-order valence-corrected chi connectivity index (χ4v) is 3.31. The van der Waals surface area contributed by atoms with Gasteiger partial charge in [-0.05, 0) is 53.7 Å². The molecule has 0 bridgehead atoms. The third-order valence-corrected chi connectivity index (χ3v) is 4.59. The van der Waals surface area contributed by atoms with E-state index in [-0.39, 0.29) is 11.7 Å². The van der Waals surface area contributed by atoms with Crippen molar-refractivity contribution < 1.29 is 14.6 Å². The Labute approximate surface area is 151 Å². The fraction of sp³-hybridized carbons (Fsp3) is 0.0588. The molecule has 122 valence electrons. The summed E-state index contributed by atoms with van der Waals surface area (Å²) in [6.07, 6.45) is 1.73. The van der Waals surface area contributed by atoms with Gasteiger partial charge in [-0.25, -0.2) is 4.99 Å². The van der Waals surface area contributed by atoms with Crippen LogP contribution in [0.25, 0.3) is 6.08 Å². The molecule has 2 aromatic carbocycles. The van der Waals surface area contributed by atoms with Crippen molar-refractivity contribution in [3.63, 3.8) is 0 Å². The number of amidine groups is 1. The Morgan fingerprint density at radius 3 is 2.88 bits per heavy atom. The first kappa shape index (κ1) is 16.6. The highest BCUT2D eigenvalue weighted by Crippen LogP contribution is 2.31. The number of hydrogen-bond donors (Lipinski definition) is 2. The molecular weight excluding hydrogens is 392 g/mol. The van der Waals surface area contributed by atoms with Crippen molar-refractivity contribution in [3.05, 3.63) is 57.4 Å². The predicted molar refractivity (Wildman–Crippen MR) is 99.6 cm³/mol. The van der Waals surface area contributed by atoms with Gasteiger partial charge in [0.25, 0.3) is 5.91 Å².